The van der Waals surface area contributed by atoms with Gasteiger partial charge in [0.25, 0.3) is 5.91 Å². The first-order valence-electron chi connectivity index (χ1n) is 13.4. The van der Waals surface area contributed by atoms with Crippen LogP contribution in [0.1, 0.15) is 60.5 Å². The van der Waals surface area contributed by atoms with Gasteiger partial charge in [-0.25, -0.2) is 0 Å². The van der Waals surface area contributed by atoms with Crippen molar-refractivity contribution in [3.8, 4) is 11.5 Å². The van der Waals surface area contributed by atoms with E-state index in [1.54, 1.807) is 15.6 Å². The maximum absolute atomic E-state index is 14.4. The van der Waals surface area contributed by atoms with Crippen molar-refractivity contribution in [2.45, 2.75) is 71.1 Å². The Morgan fingerprint density at radius 2 is 1.71 bits per heavy atom. The normalized spacial score (nSPS) is 18.1. The first kappa shape index (κ1) is 25.8. The van der Waals surface area contributed by atoms with Crippen LogP contribution in [0.5, 0.6) is 11.5 Å². The molecule has 1 aromatic heterocycles. The number of hydrogen-bond donors (Lipinski definition) is 1. The number of ether oxygens (including phenoxy) is 2. The zero-order valence-corrected chi connectivity index (χ0v) is 22.6. The number of aryl methyl sites for hydroxylation is 4. The van der Waals surface area contributed by atoms with Gasteiger partial charge in [0, 0.05) is 30.5 Å². The van der Waals surface area contributed by atoms with Gasteiger partial charge in [0.05, 0.1) is 5.69 Å². The van der Waals surface area contributed by atoms with Gasteiger partial charge >= 0.3 is 0 Å². The predicted molar refractivity (Wildman–Crippen MR) is 145 cm³/mol. The Hall–Kier alpha value is -3.81. The van der Waals surface area contributed by atoms with Crippen molar-refractivity contribution in [1.29, 1.82) is 0 Å². The molecule has 0 saturated heterocycles. The molecule has 0 unspecified atom stereocenters. The van der Waals surface area contributed by atoms with Gasteiger partial charge in [-0.3, -0.25) is 19.2 Å². The molecule has 8 heteroatoms. The minimum Gasteiger partial charge on any atom is -0.485 e. The van der Waals surface area contributed by atoms with E-state index in [0.29, 0.717) is 28.4 Å². The largest absolute Gasteiger partial charge is 0.485 e. The van der Waals surface area contributed by atoms with E-state index in [9.17, 15) is 9.59 Å². The van der Waals surface area contributed by atoms with Gasteiger partial charge < -0.3 is 14.8 Å². The lowest BCUT2D eigenvalue weighted by molar-refractivity contribution is -0.132. The van der Waals surface area contributed by atoms with Crippen molar-refractivity contribution in [3.05, 3.63) is 71.0 Å². The van der Waals surface area contributed by atoms with E-state index in [1.807, 2.05) is 64.3 Å². The van der Waals surface area contributed by atoms with Gasteiger partial charge in [-0.05, 0) is 69.0 Å². The molecule has 3 aromatic rings. The number of nitrogens with one attached hydrogen (secondary N) is 1. The lowest BCUT2D eigenvalue weighted by Gasteiger charge is -2.36. The zero-order valence-electron chi connectivity index (χ0n) is 22.6. The molecule has 1 aliphatic carbocycles. The van der Waals surface area contributed by atoms with Crippen molar-refractivity contribution in [1.82, 2.24) is 15.1 Å². The number of nitrogens with zero attached hydrogens (tertiary/aromatic N) is 3. The highest BCUT2D eigenvalue weighted by molar-refractivity contribution is 6.04. The molecule has 0 spiro atoms. The third-order valence-corrected chi connectivity index (χ3v) is 7.31. The monoisotopic (exact) mass is 516 g/mol. The van der Waals surface area contributed by atoms with Gasteiger partial charge in [0.2, 0.25) is 12.0 Å². The molecule has 200 valence electrons. The Labute approximate surface area is 223 Å². The number of amides is 2. The quantitative estimate of drug-likeness (QED) is 0.513. The molecule has 1 N–H and O–H groups in total. The fraction of sp³-hybridized carbons (Fsp3) is 0.433. The van der Waals surface area contributed by atoms with E-state index >= 15 is 0 Å². The van der Waals surface area contributed by atoms with Crippen LogP contribution in [-0.2, 0) is 16.6 Å². The second kappa shape index (κ2) is 10.9. The van der Waals surface area contributed by atoms with Crippen LogP contribution >= 0.6 is 0 Å². The SMILES string of the molecule is Cc1cc(C)cc(N(C(=O)[C@@H]2COc3ccccc3O2)[C@H](C(=O)NC2CCCCC2)c2cn(C)nc2C)c1. The van der Waals surface area contributed by atoms with Gasteiger partial charge in [0.1, 0.15) is 12.6 Å². The maximum atomic E-state index is 14.4. The van der Waals surface area contributed by atoms with Crippen LogP contribution in [0.2, 0.25) is 0 Å². The molecule has 2 aromatic carbocycles. The van der Waals surface area contributed by atoms with E-state index in [0.717, 1.165) is 36.8 Å². The molecule has 1 saturated carbocycles. The molecular weight excluding hydrogens is 480 g/mol. The number of rotatable bonds is 6. The average Bonchev–Trinajstić information content (AvgIpc) is 3.23. The number of carbonyl (C=O) groups is 2. The molecule has 2 atom stereocenters. The van der Waals surface area contributed by atoms with Crippen molar-refractivity contribution in [2.75, 3.05) is 11.5 Å². The minimum atomic E-state index is -0.917. The summed E-state index contributed by atoms with van der Waals surface area (Å²) >= 11 is 0. The van der Waals surface area contributed by atoms with Gasteiger partial charge in [-0.1, -0.05) is 37.5 Å². The van der Waals surface area contributed by atoms with Crippen LogP contribution in [0, 0.1) is 20.8 Å². The number of carbonyl (C=O) groups excluding carboxylic acids is 2. The van der Waals surface area contributed by atoms with E-state index in [2.05, 4.69) is 16.5 Å². The van der Waals surface area contributed by atoms with E-state index in [1.165, 1.54) is 6.42 Å². The van der Waals surface area contributed by atoms with Crippen LogP contribution in [0.4, 0.5) is 5.69 Å². The Morgan fingerprint density at radius 3 is 2.37 bits per heavy atom. The number of aromatic nitrogens is 2. The molecule has 2 heterocycles. The van der Waals surface area contributed by atoms with Crippen LogP contribution in [0.3, 0.4) is 0 Å². The Kier molecular flexibility index (Phi) is 7.40. The molecule has 1 fully saturated rings. The van der Waals surface area contributed by atoms with E-state index < -0.39 is 12.1 Å². The molecule has 38 heavy (non-hydrogen) atoms. The fourth-order valence-corrected chi connectivity index (χ4v) is 5.60. The summed E-state index contributed by atoms with van der Waals surface area (Å²) in [5, 5.41) is 7.78. The highest BCUT2D eigenvalue weighted by Crippen LogP contribution is 2.36. The van der Waals surface area contributed by atoms with E-state index in [4.69, 9.17) is 9.47 Å². The Balaban J connectivity index is 1.58. The summed E-state index contributed by atoms with van der Waals surface area (Å²) in [5.41, 5.74) is 4.02. The number of benzene rings is 2. The second-order valence-electron chi connectivity index (χ2n) is 10.5. The standard InChI is InChI=1S/C30H36N4O4/c1-19-14-20(2)16-23(15-19)34(30(36)27-18-37-25-12-8-9-13-26(25)38-27)28(24-17-33(4)32-21(24)3)29(35)31-22-10-6-5-7-11-22/h8-9,12-17,22,27-28H,5-7,10-11,18H2,1-4H3,(H,31,35)/t27-,28-/m0/s1. The molecule has 1 aliphatic heterocycles. The first-order valence-corrected chi connectivity index (χ1v) is 13.4. The number of hydrogen-bond acceptors (Lipinski definition) is 5. The smallest absolute Gasteiger partial charge is 0.272 e. The maximum Gasteiger partial charge on any atom is 0.272 e. The number of fused-ring (bicyclic) bond motifs is 1. The Bertz CT molecular complexity index is 1310. The Morgan fingerprint density at radius 1 is 1.03 bits per heavy atom. The van der Waals surface area contributed by atoms with Gasteiger partial charge in [-0.15, -0.1) is 0 Å². The van der Waals surface area contributed by atoms with Crippen molar-refractivity contribution >= 4 is 17.5 Å². The molecular formula is C30H36N4O4. The minimum absolute atomic E-state index is 0.0557. The fourth-order valence-electron chi connectivity index (χ4n) is 5.60. The van der Waals surface area contributed by atoms with Crippen molar-refractivity contribution in [3.63, 3.8) is 0 Å². The average molecular weight is 517 g/mol. The summed E-state index contributed by atoms with van der Waals surface area (Å²) in [6.07, 6.45) is 6.17. The summed E-state index contributed by atoms with van der Waals surface area (Å²) in [7, 11) is 1.82. The van der Waals surface area contributed by atoms with Gasteiger partial charge in [0.15, 0.2) is 11.5 Å². The summed E-state index contributed by atoms with van der Waals surface area (Å²) in [5.74, 6) is 0.566. The molecule has 0 bridgehead atoms. The lowest BCUT2D eigenvalue weighted by atomic mass is 9.94. The molecule has 2 aliphatic rings. The molecule has 2 amide bonds. The molecule has 5 rings (SSSR count). The summed E-state index contributed by atoms with van der Waals surface area (Å²) in [6, 6.07) is 12.4. The third-order valence-electron chi connectivity index (χ3n) is 7.31. The first-order chi connectivity index (χ1) is 18.3. The van der Waals surface area contributed by atoms with Crippen LogP contribution < -0.4 is 19.7 Å². The van der Waals surface area contributed by atoms with E-state index in [-0.39, 0.29) is 24.5 Å². The summed E-state index contributed by atoms with van der Waals surface area (Å²) in [6.45, 7) is 5.90. The number of para-hydroxylation sites is 2. The highest BCUT2D eigenvalue weighted by atomic mass is 16.6. The van der Waals surface area contributed by atoms with Crippen LogP contribution in [-0.4, -0.2) is 40.3 Å². The zero-order chi connectivity index (χ0) is 26.8. The summed E-state index contributed by atoms with van der Waals surface area (Å²) < 4.78 is 13.7. The molecule has 8 nitrogen and oxygen atoms in total. The number of anilines is 1. The van der Waals surface area contributed by atoms with Crippen LogP contribution in [0.25, 0.3) is 0 Å². The van der Waals surface area contributed by atoms with Gasteiger partial charge in [-0.2, -0.15) is 5.10 Å². The van der Waals surface area contributed by atoms with Crippen LogP contribution in [0.15, 0.2) is 48.7 Å². The highest BCUT2D eigenvalue weighted by Gasteiger charge is 2.41. The second-order valence-corrected chi connectivity index (χ2v) is 10.5. The third kappa shape index (κ3) is 5.39. The summed E-state index contributed by atoms with van der Waals surface area (Å²) in [4.78, 5) is 30.1. The lowest BCUT2D eigenvalue weighted by Crippen LogP contribution is -2.52. The topological polar surface area (TPSA) is 85.7 Å². The molecule has 0 radical (unpaired) electrons. The van der Waals surface area contributed by atoms with Crippen molar-refractivity contribution < 1.29 is 19.1 Å². The van der Waals surface area contributed by atoms with Crippen molar-refractivity contribution in [2.24, 2.45) is 7.05 Å². The predicted octanol–water partition coefficient (Wildman–Crippen LogP) is 4.71.